The highest BCUT2D eigenvalue weighted by Gasteiger charge is 2.29. The molecule has 0 aliphatic carbocycles. The number of nitrogens with one attached hydrogen (secondary N) is 2. The molecular weight excluding hydrogens is 250 g/mol. The molecule has 0 bridgehead atoms. The smallest absolute Gasteiger partial charge is 0.242 e. The van der Waals surface area contributed by atoms with Crippen molar-refractivity contribution in [3.8, 4) is 0 Å². The predicted octanol–water partition coefficient (Wildman–Crippen LogP) is 0.498. The molecule has 1 unspecified atom stereocenters. The second kappa shape index (κ2) is 8.26. The van der Waals surface area contributed by atoms with Gasteiger partial charge in [-0.15, -0.1) is 0 Å². The summed E-state index contributed by atoms with van der Waals surface area (Å²) >= 11 is 5.34. The maximum atomic E-state index is 11.7. The first-order valence-electron chi connectivity index (χ1n) is 6.60. The van der Waals surface area contributed by atoms with Crippen molar-refractivity contribution >= 4 is 23.2 Å². The lowest BCUT2D eigenvalue weighted by molar-refractivity contribution is -0.127. The zero-order valence-electron chi connectivity index (χ0n) is 11.2. The van der Waals surface area contributed by atoms with Crippen LogP contribution in [0.15, 0.2) is 0 Å². The Morgan fingerprint density at radius 1 is 1.61 bits per heavy atom. The third-order valence-electron chi connectivity index (χ3n) is 2.92. The van der Waals surface area contributed by atoms with Gasteiger partial charge in [0.25, 0.3) is 0 Å². The van der Waals surface area contributed by atoms with E-state index >= 15 is 0 Å². The molecule has 0 saturated carbocycles. The molecule has 6 heteroatoms. The Morgan fingerprint density at radius 2 is 2.39 bits per heavy atom. The first kappa shape index (κ1) is 15.2. The van der Waals surface area contributed by atoms with Crippen LogP contribution in [0.5, 0.6) is 0 Å². The Bertz CT molecular complexity index is 286. The summed E-state index contributed by atoms with van der Waals surface area (Å²) in [5, 5.41) is 6.73. The molecular formula is C12H23N3O2S. The Labute approximate surface area is 114 Å². The van der Waals surface area contributed by atoms with E-state index in [1.165, 1.54) is 0 Å². The highest BCUT2D eigenvalue weighted by molar-refractivity contribution is 7.80. The standard InChI is InChI=1S/C12H23N3O2S/c1-3-10-11(16)13-7-8-15(10)12(18)14-6-5-9-17-4-2/h10H,3-9H2,1-2H3,(H,13,16)(H,14,18). The summed E-state index contributed by atoms with van der Waals surface area (Å²) in [6.07, 6.45) is 1.69. The number of piperazine rings is 1. The number of nitrogens with zero attached hydrogens (tertiary/aromatic N) is 1. The normalized spacial score (nSPS) is 19.6. The van der Waals surface area contributed by atoms with Crippen LogP contribution < -0.4 is 10.6 Å². The topological polar surface area (TPSA) is 53.6 Å². The average Bonchev–Trinajstić information content (AvgIpc) is 2.38. The molecule has 1 fully saturated rings. The van der Waals surface area contributed by atoms with E-state index in [-0.39, 0.29) is 11.9 Å². The molecule has 0 radical (unpaired) electrons. The maximum absolute atomic E-state index is 11.7. The quantitative estimate of drug-likeness (QED) is 0.545. The Hall–Kier alpha value is -0.880. The van der Waals surface area contributed by atoms with Crippen LogP contribution >= 0.6 is 12.2 Å². The third-order valence-corrected chi connectivity index (χ3v) is 3.30. The highest BCUT2D eigenvalue weighted by atomic mass is 32.1. The van der Waals surface area contributed by atoms with Gasteiger partial charge in [0.05, 0.1) is 0 Å². The molecule has 1 atom stereocenters. The maximum Gasteiger partial charge on any atom is 0.242 e. The van der Waals surface area contributed by atoms with Gasteiger partial charge >= 0.3 is 0 Å². The lowest BCUT2D eigenvalue weighted by Gasteiger charge is -2.36. The van der Waals surface area contributed by atoms with Gasteiger partial charge in [0.15, 0.2) is 5.11 Å². The van der Waals surface area contributed by atoms with Crippen LogP contribution in [0.4, 0.5) is 0 Å². The molecule has 5 nitrogen and oxygen atoms in total. The van der Waals surface area contributed by atoms with Crippen LogP contribution in [0.3, 0.4) is 0 Å². The molecule has 1 aliphatic rings. The molecule has 1 saturated heterocycles. The Morgan fingerprint density at radius 3 is 3.06 bits per heavy atom. The monoisotopic (exact) mass is 273 g/mol. The van der Waals surface area contributed by atoms with E-state index in [0.29, 0.717) is 11.7 Å². The summed E-state index contributed by atoms with van der Waals surface area (Å²) in [5.41, 5.74) is 0. The number of ether oxygens (including phenoxy) is 1. The minimum Gasteiger partial charge on any atom is -0.382 e. The van der Waals surface area contributed by atoms with E-state index < -0.39 is 0 Å². The molecule has 0 aromatic rings. The SMILES string of the molecule is CCOCCCNC(=S)N1CCNC(=O)C1CC. The van der Waals surface area contributed by atoms with E-state index in [1.807, 2.05) is 18.7 Å². The van der Waals surface area contributed by atoms with Crippen LogP contribution in [0.2, 0.25) is 0 Å². The summed E-state index contributed by atoms with van der Waals surface area (Å²) in [6.45, 7) is 7.69. The van der Waals surface area contributed by atoms with Crippen molar-refractivity contribution in [2.24, 2.45) is 0 Å². The van der Waals surface area contributed by atoms with Crippen LogP contribution in [-0.2, 0) is 9.53 Å². The molecule has 1 amide bonds. The van der Waals surface area contributed by atoms with E-state index in [9.17, 15) is 4.79 Å². The van der Waals surface area contributed by atoms with Crippen LogP contribution in [0.1, 0.15) is 26.7 Å². The molecule has 1 heterocycles. The molecule has 0 aromatic heterocycles. The zero-order valence-corrected chi connectivity index (χ0v) is 12.0. The van der Waals surface area contributed by atoms with Crippen LogP contribution in [0, 0.1) is 0 Å². The molecule has 104 valence electrons. The lowest BCUT2D eigenvalue weighted by atomic mass is 10.1. The third kappa shape index (κ3) is 4.42. The van der Waals surface area contributed by atoms with Gasteiger partial charge in [-0.1, -0.05) is 6.92 Å². The Balaban J connectivity index is 2.32. The summed E-state index contributed by atoms with van der Waals surface area (Å²) < 4.78 is 5.26. The molecule has 1 aliphatic heterocycles. The van der Waals surface area contributed by atoms with Gasteiger partial charge in [0.2, 0.25) is 5.91 Å². The largest absolute Gasteiger partial charge is 0.382 e. The lowest BCUT2D eigenvalue weighted by Crippen LogP contribution is -2.59. The fraction of sp³-hybridized carbons (Fsp3) is 0.833. The predicted molar refractivity (Wildman–Crippen MR) is 75.5 cm³/mol. The average molecular weight is 273 g/mol. The van der Waals surface area contributed by atoms with Crippen molar-refractivity contribution in [3.05, 3.63) is 0 Å². The van der Waals surface area contributed by atoms with Crippen LogP contribution in [-0.4, -0.2) is 54.8 Å². The zero-order chi connectivity index (χ0) is 13.4. The van der Waals surface area contributed by atoms with Crippen molar-refractivity contribution in [3.63, 3.8) is 0 Å². The molecule has 18 heavy (non-hydrogen) atoms. The molecule has 0 spiro atoms. The van der Waals surface area contributed by atoms with E-state index in [1.54, 1.807) is 0 Å². The number of carbonyl (C=O) groups is 1. The molecule has 1 rings (SSSR count). The van der Waals surface area contributed by atoms with Crippen LogP contribution in [0.25, 0.3) is 0 Å². The molecule has 0 aromatic carbocycles. The van der Waals surface area contributed by atoms with E-state index in [0.717, 1.165) is 39.1 Å². The van der Waals surface area contributed by atoms with E-state index in [4.69, 9.17) is 17.0 Å². The fourth-order valence-corrected chi connectivity index (χ4v) is 2.30. The van der Waals surface area contributed by atoms with Gasteiger partial charge in [-0.2, -0.15) is 0 Å². The Kier molecular flexibility index (Phi) is 6.97. The molecule has 2 N–H and O–H groups in total. The van der Waals surface area contributed by atoms with Crippen molar-refractivity contribution in [2.75, 3.05) is 32.8 Å². The van der Waals surface area contributed by atoms with Gasteiger partial charge < -0.3 is 20.3 Å². The van der Waals surface area contributed by atoms with Crippen molar-refractivity contribution in [2.45, 2.75) is 32.7 Å². The van der Waals surface area contributed by atoms with Crippen molar-refractivity contribution in [1.29, 1.82) is 0 Å². The van der Waals surface area contributed by atoms with Crippen molar-refractivity contribution < 1.29 is 9.53 Å². The van der Waals surface area contributed by atoms with Crippen molar-refractivity contribution in [1.82, 2.24) is 15.5 Å². The number of carbonyl (C=O) groups excluding carboxylic acids is 1. The van der Waals surface area contributed by atoms with Gasteiger partial charge in [-0.3, -0.25) is 4.79 Å². The highest BCUT2D eigenvalue weighted by Crippen LogP contribution is 2.08. The number of thiocarbonyl (C=S) groups is 1. The first-order valence-corrected chi connectivity index (χ1v) is 7.01. The second-order valence-corrected chi connectivity index (χ2v) is 4.58. The minimum absolute atomic E-state index is 0.0715. The van der Waals surface area contributed by atoms with Gasteiger partial charge in [-0.05, 0) is 32.0 Å². The number of rotatable bonds is 6. The van der Waals surface area contributed by atoms with Gasteiger partial charge in [-0.25, -0.2) is 0 Å². The number of amides is 1. The summed E-state index contributed by atoms with van der Waals surface area (Å²) in [4.78, 5) is 13.7. The summed E-state index contributed by atoms with van der Waals surface area (Å²) in [7, 11) is 0. The van der Waals surface area contributed by atoms with E-state index in [2.05, 4.69) is 10.6 Å². The summed E-state index contributed by atoms with van der Waals surface area (Å²) in [6, 6.07) is -0.134. The van der Waals surface area contributed by atoms with Gasteiger partial charge in [0, 0.05) is 32.8 Å². The summed E-state index contributed by atoms with van der Waals surface area (Å²) in [5.74, 6) is 0.0715. The first-order chi connectivity index (χ1) is 8.70. The fourth-order valence-electron chi connectivity index (χ4n) is 1.98. The second-order valence-electron chi connectivity index (χ2n) is 4.19. The number of hydrogen-bond acceptors (Lipinski definition) is 3. The van der Waals surface area contributed by atoms with Gasteiger partial charge in [0.1, 0.15) is 6.04 Å². The number of hydrogen-bond donors (Lipinski definition) is 2. The minimum atomic E-state index is -0.134.